The molecule has 0 radical (unpaired) electrons. The number of Topliss-reactive ketones (excluding diaryl/α,β-unsaturated/α-hetero) is 1. The number of amides is 1. The molecule has 23 heavy (non-hydrogen) atoms. The van der Waals surface area contributed by atoms with Crippen LogP contribution in [0, 0.1) is 0 Å². The number of ketones is 1. The fourth-order valence-corrected chi connectivity index (χ4v) is 2.86. The van der Waals surface area contributed by atoms with Crippen molar-refractivity contribution in [3.8, 4) is 5.75 Å². The number of benzene rings is 2. The molecule has 1 amide bonds. The first-order chi connectivity index (χ1) is 11.2. The molecule has 2 aromatic carbocycles. The maximum Gasteiger partial charge on any atom is 0.252 e. The summed E-state index contributed by atoms with van der Waals surface area (Å²) in [6, 6.07) is 13.7. The van der Waals surface area contributed by atoms with Gasteiger partial charge in [0.1, 0.15) is 18.4 Å². The number of nitrogens with one attached hydrogen (secondary N) is 2. The summed E-state index contributed by atoms with van der Waals surface area (Å²) < 4.78 is 5.57. The quantitative estimate of drug-likeness (QED) is 0.764. The van der Waals surface area contributed by atoms with E-state index >= 15 is 0 Å². The van der Waals surface area contributed by atoms with E-state index in [1.807, 2.05) is 24.3 Å². The Morgan fingerprint density at radius 3 is 2.91 bits per heavy atom. The van der Waals surface area contributed by atoms with Crippen LogP contribution in [0.1, 0.15) is 20.7 Å². The van der Waals surface area contributed by atoms with Crippen molar-refractivity contribution in [3.05, 3.63) is 65.9 Å². The lowest BCUT2D eigenvalue weighted by atomic mass is 10.0. The summed E-state index contributed by atoms with van der Waals surface area (Å²) in [6.07, 6.45) is 1.78. The van der Waals surface area contributed by atoms with Crippen LogP contribution in [0.3, 0.4) is 0 Å². The first-order valence-corrected chi connectivity index (χ1v) is 7.37. The summed E-state index contributed by atoms with van der Waals surface area (Å²) in [4.78, 5) is 28.1. The number of hydrogen-bond acceptors (Lipinski definition) is 3. The van der Waals surface area contributed by atoms with E-state index in [9.17, 15) is 9.59 Å². The summed E-state index contributed by atoms with van der Waals surface area (Å²) in [5.41, 5.74) is 1.92. The molecule has 1 aromatic heterocycles. The highest BCUT2D eigenvalue weighted by atomic mass is 16.5. The third kappa shape index (κ3) is 2.26. The third-order valence-corrected chi connectivity index (χ3v) is 4.02. The van der Waals surface area contributed by atoms with E-state index < -0.39 is 6.04 Å². The number of fused-ring (bicyclic) bond motifs is 2. The second-order valence-corrected chi connectivity index (χ2v) is 5.44. The van der Waals surface area contributed by atoms with E-state index in [1.165, 1.54) is 0 Å². The SMILES string of the molecule is O=C(N[C@@H]1COc2ccccc2C1=O)c1cccc2[nH]ccc12. The van der Waals surface area contributed by atoms with Gasteiger partial charge < -0.3 is 15.0 Å². The molecule has 0 aliphatic carbocycles. The normalized spacial score (nSPS) is 16.7. The predicted molar refractivity (Wildman–Crippen MR) is 85.8 cm³/mol. The van der Waals surface area contributed by atoms with Gasteiger partial charge in [-0.25, -0.2) is 0 Å². The summed E-state index contributed by atoms with van der Waals surface area (Å²) >= 11 is 0. The molecule has 2 heterocycles. The summed E-state index contributed by atoms with van der Waals surface area (Å²) in [6.45, 7) is 0.144. The lowest BCUT2D eigenvalue weighted by molar-refractivity contribution is 0.0796. The van der Waals surface area contributed by atoms with Gasteiger partial charge in [-0.3, -0.25) is 9.59 Å². The number of carbonyl (C=O) groups excluding carboxylic acids is 2. The number of ether oxygens (including phenoxy) is 1. The molecule has 3 aromatic rings. The molecule has 0 fully saturated rings. The second-order valence-electron chi connectivity index (χ2n) is 5.44. The Balaban J connectivity index is 1.60. The van der Waals surface area contributed by atoms with E-state index in [1.54, 1.807) is 30.5 Å². The molecular formula is C18H14N2O3. The minimum Gasteiger partial charge on any atom is -0.490 e. The zero-order valence-electron chi connectivity index (χ0n) is 12.2. The first kappa shape index (κ1) is 13.6. The van der Waals surface area contributed by atoms with Crippen molar-refractivity contribution in [1.82, 2.24) is 10.3 Å². The van der Waals surface area contributed by atoms with Crippen LogP contribution in [0.5, 0.6) is 5.75 Å². The Morgan fingerprint density at radius 2 is 2.00 bits per heavy atom. The van der Waals surface area contributed by atoms with Crippen LogP contribution in [0.4, 0.5) is 0 Å². The molecule has 1 aliphatic heterocycles. The minimum absolute atomic E-state index is 0.124. The van der Waals surface area contributed by atoms with Gasteiger partial charge in [-0.1, -0.05) is 18.2 Å². The minimum atomic E-state index is -0.674. The van der Waals surface area contributed by atoms with Gasteiger partial charge >= 0.3 is 0 Å². The second kappa shape index (κ2) is 5.28. The lowest BCUT2D eigenvalue weighted by Gasteiger charge is -2.24. The van der Waals surface area contributed by atoms with Gasteiger partial charge in [0.25, 0.3) is 5.91 Å². The van der Waals surface area contributed by atoms with Crippen LogP contribution in [-0.4, -0.2) is 29.3 Å². The fraction of sp³-hybridized carbons (Fsp3) is 0.111. The highest BCUT2D eigenvalue weighted by Gasteiger charge is 2.30. The van der Waals surface area contributed by atoms with Crippen LogP contribution in [0.25, 0.3) is 10.9 Å². The number of rotatable bonds is 2. The van der Waals surface area contributed by atoms with Gasteiger partial charge in [0, 0.05) is 22.7 Å². The van der Waals surface area contributed by atoms with Crippen LogP contribution >= 0.6 is 0 Å². The molecular weight excluding hydrogens is 292 g/mol. The molecule has 0 unspecified atom stereocenters. The molecule has 5 nitrogen and oxygen atoms in total. The van der Waals surface area contributed by atoms with Crippen molar-refractivity contribution >= 4 is 22.6 Å². The maximum atomic E-state index is 12.5. The predicted octanol–water partition coefficient (Wildman–Crippen LogP) is 2.54. The zero-order valence-corrected chi connectivity index (χ0v) is 12.2. The molecule has 114 valence electrons. The maximum absolute atomic E-state index is 12.5. The Morgan fingerprint density at radius 1 is 1.13 bits per heavy atom. The average molecular weight is 306 g/mol. The average Bonchev–Trinajstić information content (AvgIpc) is 3.06. The first-order valence-electron chi connectivity index (χ1n) is 7.37. The summed E-state index contributed by atoms with van der Waals surface area (Å²) in [5.74, 6) is 0.161. The number of para-hydroxylation sites is 1. The van der Waals surface area contributed by atoms with E-state index in [2.05, 4.69) is 10.3 Å². The summed E-state index contributed by atoms with van der Waals surface area (Å²) in [7, 11) is 0. The molecule has 0 saturated heterocycles. The number of carbonyl (C=O) groups is 2. The van der Waals surface area contributed by atoms with Crippen molar-refractivity contribution in [2.24, 2.45) is 0 Å². The Labute approximate surface area is 132 Å². The smallest absolute Gasteiger partial charge is 0.252 e. The van der Waals surface area contributed by atoms with E-state index in [-0.39, 0.29) is 18.3 Å². The van der Waals surface area contributed by atoms with Crippen LogP contribution in [0.15, 0.2) is 54.7 Å². The van der Waals surface area contributed by atoms with Crippen LogP contribution in [-0.2, 0) is 0 Å². The van der Waals surface area contributed by atoms with Crippen LogP contribution in [0.2, 0.25) is 0 Å². The van der Waals surface area contributed by atoms with Gasteiger partial charge in [-0.2, -0.15) is 0 Å². The molecule has 0 spiro atoms. The number of H-pyrrole nitrogens is 1. The monoisotopic (exact) mass is 306 g/mol. The number of aromatic nitrogens is 1. The lowest BCUT2D eigenvalue weighted by Crippen LogP contribution is -2.47. The molecule has 4 rings (SSSR count). The number of hydrogen-bond donors (Lipinski definition) is 2. The molecule has 1 atom stereocenters. The van der Waals surface area contributed by atoms with Crippen LogP contribution < -0.4 is 10.1 Å². The number of aromatic amines is 1. The molecule has 0 saturated carbocycles. The van der Waals surface area contributed by atoms with Crippen molar-refractivity contribution in [2.75, 3.05) is 6.61 Å². The van der Waals surface area contributed by atoms with E-state index in [4.69, 9.17) is 4.74 Å². The van der Waals surface area contributed by atoms with E-state index in [0.29, 0.717) is 16.9 Å². The van der Waals surface area contributed by atoms with Gasteiger partial charge in [-0.15, -0.1) is 0 Å². The Hall–Kier alpha value is -3.08. The van der Waals surface area contributed by atoms with Crippen molar-refractivity contribution < 1.29 is 14.3 Å². The van der Waals surface area contributed by atoms with Gasteiger partial charge in [0.2, 0.25) is 0 Å². The van der Waals surface area contributed by atoms with Gasteiger partial charge in [-0.05, 0) is 30.3 Å². The van der Waals surface area contributed by atoms with Gasteiger partial charge in [0.05, 0.1) is 5.56 Å². The summed E-state index contributed by atoms with van der Waals surface area (Å²) in [5, 5.41) is 3.61. The fourth-order valence-electron chi connectivity index (χ4n) is 2.86. The zero-order chi connectivity index (χ0) is 15.8. The Bertz CT molecular complexity index is 913. The van der Waals surface area contributed by atoms with Crippen molar-refractivity contribution in [1.29, 1.82) is 0 Å². The topological polar surface area (TPSA) is 71.2 Å². The highest BCUT2D eigenvalue weighted by Crippen LogP contribution is 2.24. The van der Waals surface area contributed by atoms with Crippen molar-refractivity contribution in [2.45, 2.75) is 6.04 Å². The highest BCUT2D eigenvalue weighted by molar-refractivity contribution is 6.10. The van der Waals surface area contributed by atoms with E-state index in [0.717, 1.165) is 10.9 Å². The molecule has 2 N–H and O–H groups in total. The molecule has 1 aliphatic rings. The Kier molecular flexibility index (Phi) is 3.12. The third-order valence-electron chi connectivity index (χ3n) is 4.02. The van der Waals surface area contributed by atoms with Gasteiger partial charge in [0.15, 0.2) is 5.78 Å². The van der Waals surface area contributed by atoms with Crippen molar-refractivity contribution in [3.63, 3.8) is 0 Å². The molecule has 5 heteroatoms. The standard InChI is InChI=1S/C18H14N2O3/c21-17-13-4-1-2-7-16(13)23-10-15(17)20-18(22)12-5-3-6-14-11(12)8-9-19-14/h1-9,15,19H,10H2,(H,20,22)/t15-/m1/s1. The molecule has 0 bridgehead atoms. The largest absolute Gasteiger partial charge is 0.490 e.